The maximum atomic E-state index is 11.7. The first kappa shape index (κ1) is 13.9. The van der Waals surface area contributed by atoms with Crippen LogP contribution in [-0.4, -0.2) is 33.3 Å². The lowest BCUT2D eigenvalue weighted by atomic mass is 10.1. The molecule has 1 aliphatic heterocycles. The van der Waals surface area contributed by atoms with Gasteiger partial charge in [0.1, 0.15) is 0 Å². The van der Waals surface area contributed by atoms with E-state index in [1.54, 1.807) is 0 Å². The smallest absolute Gasteiger partial charge is 0.213 e. The molecule has 1 heterocycles. The average Bonchev–Trinajstić information content (AvgIpc) is 2.17. The van der Waals surface area contributed by atoms with E-state index in [1.807, 2.05) is 0 Å². The highest BCUT2D eigenvalue weighted by atomic mass is 32.2. The van der Waals surface area contributed by atoms with Crippen molar-refractivity contribution < 1.29 is 8.42 Å². The Morgan fingerprint density at radius 3 is 2.69 bits per heavy atom. The highest BCUT2D eigenvalue weighted by Gasteiger charge is 2.20. The summed E-state index contributed by atoms with van der Waals surface area (Å²) in [5, 5.41) is 3.26. The minimum absolute atomic E-state index is 0.144. The summed E-state index contributed by atoms with van der Waals surface area (Å²) in [6, 6.07) is 0.144. The normalized spacial score (nSPS) is 22.6. The van der Waals surface area contributed by atoms with Gasteiger partial charge in [-0.15, -0.1) is 0 Å². The molecule has 0 radical (unpaired) electrons. The van der Waals surface area contributed by atoms with E-state index in [0.29, 0.717) is 12.5 Å². The number of hydrogen-bond acceptors (Lipinski definition) is 3. The van der Waals surface area contributed by atoms with Crippen molar-refractivity contribution in [3.8, 4) is 0 Å². The lowest BCUT2D eigenvalue weighted by Gasteiger charge is -2.23. The van der Waals surface area contributed by atoms with Crippen LogP contribution < -0.4 is 10.0 Å². The molecule has 0 spiro atoms. The second-order valence-corrected chi connectivity index (χ2v) is 6.86. The maximum absolute atomic E-state index is 11.7. The summed E-state index contributed by atoms with van der Waals surface area (Å²) in [5.74, 6) is 0.765. The molecule has 0 saturated carbocycles. The molecule has 0 aromatic rings. The van der Waals surface area contributed by atoms with Crippen molar-refractivity contribution in [3.63, 3.8) is 0 Å². The molecule has 4 nitrogen and oxygen atoms in total. The van der Waals surface area contributed by atoms with Crippen molar-refractivity contribution in [3.05, 3.63) is 0 Å². The fraction of sp³-hybridized carbons (Fsp3) is 1.00. The Morgan fingerprint density at radius 2 is 2.12 bits per heavy atom. The number of hydrogen-bond donors (Lipinski definition) is 2. The van der Waals surface area contributed by atoms with Crippen molar-refractivity contribution in [2.45, 2.75) is 45.6 Å². The average molecular weight is 248 g/mol. The van der Waals surface area contributed by atoms with E-state index in [-0.39, 0.29) is 11.8 Å². The number of piperidine rings is 1. The van der Waals surface area contributed by atoms with Crippen LogP contribution in [0.2, 0.25) is 0 Å². The number of rotatable bonds is 6. The fourth-order valence-electron chi connectivity index (χ4n) is 1.89. The topological polar surface area (TPSA) is 58.2 Å². The Bertz CT molecular complexity index is 282. The van der Waals surface area contributed by atoms with Crippen molar-refractivity contribution in [2.75, 3.05) is 18.8 Å². The molecule has 1 fully saturated rings. The molecule has 2 N–H and O–H groups in total. The van der Waals surface area contributed by atoms with Crippen molar-refractivity contribution >= 4 is 10.0 Å². The van der Waals surface area contributed by atoms with E-state index in [9.17, 15) is 8.42 Å². The second kappa shape index (κ2) is 6.57. The fourth-order valence-corrected chi connectivity index (χ4v) is 3.25. The molecule has 16 heavy (non-hydrogen) atoms. The van der Waals surface area contributed by atoms with Crippen LogP contribution in [0.15, 0.2) is 0 Å². The molecule has 0 aromatic carbocycles. The van der Waals surface area contributed by atoms with Crippen LogP contribution in [0.3, 0.4) is 0 Å². The standard InChI is InChI=1S/C11H24N2O2S/c1-10(2)6-8-13-16(14,15)9-11-5-3-4-7-12-11/h10-13H,3-9H2,1-2H3. The largest absolute Gasteiger partial charge is 0.313 e. The number of sulfonamides is 1. The highest BCUT2D eigenvalue weighted by molar-refractivity contribution is 7.89. The van der Waals surface area contributed by atoms with Crippen LogP contribution in [0.25, 0.3) is 0 Å². The van der Waals surface area contributed by atoms with Gasteiger partial charge in [-0.25, -0.2) is 13.1 Å². The molecule has 0 aliphatic carbocycles. The van der Waals surface area contributed by atoms with Gasteiger partial charge in [-0.3, -0.25) is 0 Å². The summed E-state index contributed by atoms with van der Waals surface area (Å²) >= 11 is 0. The third kappa shape index (κ3) is 5.82. The molecule has 0 bridgehead atoms. The molecule has 1 atom stereocenters. The molecular formula is C11H24N2O2S. The van der Waals surface area contributed by atoms with Gasteiger partial charge in [-0.2, -0.15) is 0 Å². The Balaban J connectivity index is 2.27. The summed E-state index contributed by atoms with van der Waals surface area (Å²) < 4.78 is 26.1. The van der Waals surface area contributed by atoms with E-state index in [0.717, 1.165) is 32.2 Å². The van der Waals surface area contributed by atoms with Crippen molar-refractivity contribution in [1.29, 1.82) is 0 Å². The lowest BCUT2D eigenvalue weighted by molar-refractivity contribution is 0.422. The molecule has 0 aromatic heterocycles. The quantitative estimate of drug-likeness (QED) is 0.740. The zero-order valence-corrected chi connectivity index (χ0v) is 11.1. The van der Waals surface area contributed by atoms with Gasteiger partial charge < -0.3 is 5.32 Å². The van der Waals surface area contributed by atoms with E-state index in [4.69, 9.17) is 0 Å². The maximum Gasteiger partial charge on any atom is 0.213 e. The first-order chi connectivity index (χ1) is 7.49. The predicted molar refractivity (Wildman–Crippen MR) is 66.9 cm³/mol. The molecule has 96 valence electrons. The molecule has 1 aliphatic rings. The van der Waals surface area contributed by atoms with Crippen molar-refractivity contribution in [1.82, 2.24) is 10.0 Å². The summed E-state index contributed by atoms with van der Waals surface area (Å²) in [7, 11) is -3.09. The van der Waals surface area contributed by atoms with E-state index in [1.165, 1.54) is 0 Å². The van der Waals surface area contributed by atoms with Crippen LogP contribution in [-0.2, 0) is 10.0 Å². The van der Waals surface area contributed by atoms with Gasteiger partial charge in [0.15, 0.2) is 0 Å². The van der Waals surface area contributed by atoms with E-state index >= 15 is 0 Å². The van der Waals surface area contributed by atoms with Gasteiger partial charge in [0.25, 0.3) is 0 Å². The Morgan fingerprint density at radius 1 is 1.38 bits per heavy atom. The van der Waals surface area contributed by atoms with Crippen LogP contribution in [0.4, 0.5) is 0 Å². The highest BCUT2D eigenvalue weighted by Crippen LogP contribution is 2.08. The van der Waals surface area contributed by atoms with Crippen molar-refractivity contribution in [2.24, 2.45) is 5.92 Å². The van der Waals surface area contributed by atoms with Crippen LogP contribution in [0, 0.1) is 5.92 Å². The molecular weight excluding hydrogens is 224 g/mol. The second-order valence-electron chi connectivity index (χ2n) is 5.01. The Labute approximate surface area is 99.2 Å². The minimum Gasteiger partial charge on any atom is -0.313 e. The molecule has 1 unspecified atom stereocenters. The summed E-state index contributed by atoms with van der Waals surface area (Å²) in [4.78, 5) is 0. The van der Waals surface area contributed by atoms with Gasteiger partial charge >= 0.3 is 0 Å². The Hall–Kier alpha value is -0.130. The van der Waals surface area contributed by atoms with Gasteiger partial charge in [0.2, 0.25) is 10.0 Å². The summed E-state index contributed by atoms with van der Waals surface area (Å²) in [5.41, 5.74) is 0. The third-order valence-electron chi connectivity index (χ3n) is 2.88. The molecule has 5 heteroatoms. The Kier molecular flexibility index (Phi) is 5.72. The van der Waals surface area contributed by atoms with Gasteiger partial charge in [0, 0.05) is 12.6 Å². The predicted octanol–water partition coefficient (Wildman–Crippen LogP) is 1.09. The molecule has 0 amide bonds. The van der Waals surface area contributed by atoms with Gasteiger partial charge in [-0.1, -0.05) is 20.3 Å². The van der Waals surface area contributed by atoms with Crippen LogP contribution >= 0.6 is 0 Å². The summed E-state index contributed by atoms with van der Waals surface area (Å²) in [6.07, 6.45) is 4.18. The minimum atomic E-state index is -3.09. The van der Waals surface area contributed by atoms with Gasteiger partial charge in [0.05, 0.1) is 5.75 Å². The SMILES string of the molecule is CC(C)CCNS(=O)(=O)CC1CCCCN1. The van der Waals surface area contributed by atoms with Gasteiger partial charge in [-0.05, 0) is 31.7 Å². The molecule has 1 rings (SSSR count). The van der Waals surface area contributed by atoms with E-state index < -0.39 is 10.0 Å². The van der Waals surface area contributed by atoms with E-state index in [2.05, 4.69) is 23.9 Å². The third-order valence-corrected chi connectivity index (χ3v) is 4.36. The monoisotopic (exact) mass is 248 g/mol. The summed E-state index contributed by atoms with van der Waals surface area (Å²) in [6.45, 7) is 5.70. The lowest BCUT2D eigenvalue weighted by Crippen LogP contribution is -2.42. The first-order valence-electron chi connectivity index (χ1n) is 6.20. The first-order valence-corrected chi connectivity index (χ1v) is 7.85. The zero-order chi connectivity index (χ0) is 12.0. The van der Waals surface area contributed by atoms with Crippen LogP contribution in [0.5, 0.6) is 0 Å². The molecule has 1 saturated heterocycles. The number of nitrogens with one attached hydrogen (secondary N) is 2. The van der Waals surface area contributed by atoms with Crippen LogP contribution in [0.1, 0.15) is 39.5 Å². The zero-order valence-electron chi connectivity index (χ0n) is 10.3.